The number of rotatable bonds is 6. The average molecular weight is 602 g/mol. The van der Waals surface area contributed by atoms with Crippen LogP contribution in [0.4, 0.5) is 22.1 Å². The van der Waals surface area contributed by atoms with Crippen LogP contribution < -0.4 is 15.5 Å². The number of anilines is 3. The maximum atomic E-state index is 13.1. The fourth-order valence-corrected chi connectivity index (χ4v) is 5.39. The maximum Gasteiger partial charge on any atom is 0.414 e. The quantitative estimate of drug-likeness (QED) is 0.276. The van der Waals surface area contributed by atoms with Gasteiger partial charge < -0.3 is 25.0 Å². The minimum absolute atomic E-state index is 0.138. The highest BCUT2D eigenvalue weighted by Gasteiger charge is 2.44. The van der Waals surface area contributed by atoms with Gasteiger partial charge in [0.1, 0.15) is 18.2 Å². The molecule has 2 aromatic carbocycles. The van der Waals surface area contributed by atoms with Gasteiger partial charge in [-0.05, 0) is 62.7 Å². The molecule has 4 aromatic rings. The number of nitrogens with zero attached hydrogens (tertiary/aromatic N) is 5. The van der Waals surface area contributed by atoms with Gasteiger partial charge in [-0.1, -0.05) is 18.5 Å². The number of fused-ring (bicyclic) bond motifs is 2. The molecule has 43 heavy (non-hydrogen) atoms. The number of aliphatic hydroxyl groups is 1. The van der Waals surface area contributed by atoms with Crippen LogP contribution in [0.1, 0.15) is 38.8 Å². The normalized spacial score (nSPS) is 16.1. The average Bonchev–Trinajstić information content (AvgIpc) is 3.50. The lowest BCUT2D eigenvalue weighted by molar-refractivity contribution is -0.121. The Morgan fingerprint density at radius 3 is 2.67 bits per heavy atom. The van der Waals surface area contributed by atoms with E-state index in [9.17, 15) is 20.0 Å². The molecule has 12 heteroatoms. The van der Waals surface area contributed by atoms with Crippen LogP contribution >= 0.6 is 11.6 Å². The molecule has 1 aliphatic heterocycles. The van der Waals surface area contributed by atoms with Crippen LogP contribution in [0.25, 0.3) is 22.2 Å². The molecule has 0 spiro atoms. The van der Waals surface area contributed by atoms with E-state index in [0.717, 1.165) is 10.9 Å². The summed E-state index contributed by atoms with van der Waals surface area (Å²) < 4.78 is 7.41. The summed E-state index contributed by atoms with van der Waals surface area (Å²) in [4.78, 5) is 35.6. The molecule has 0 saturated carbocycles. The van der Waals surface area contributed by atoms with Crippen molar-refractivity contribution < 1.29 is 19.4 Å². The van der Waals surface area contributed by atoms with Gasteiger partial charge in [0, 0.05) is 47.4 Å². The van der Waals surface area contributed by atoms with E-state index in [0.29, 0.717) is 39.2 Å². The summed E-state index contributed by atoms with van der Waals surface area (Å²) in [6.45, 7) is 7.23. The molecule has 2 aromatic heterocycles. The monoisotopic (exact) mass is 601 g/mol. The van der Waals surface area contributed by atoms with Crippen LogP contribution in [0.3, 0.4) is 0 Å². The molecule has 0 saturated heterocycles. The third-order valence-electron chi connectivity index (χ3n) is 7.26. The predicted molar refractivity (Wildman–Crippen MR) is 164 cm³/mol. The standard InChI is InChI=1S/C31H32ClN7O4/c1-30(2,3)43-29(42)39-16-31(4,17-40)22-11-18(10-19(14-33)27(22)39)23-6-8-35-28(36-23)37-24-12-20(32)13-25-21(24)7-9-38(25)15-26(41)34-5/h6-13,40H,15-17H2,1-5H3,(H,34,41)(H,35,36,37). The number of nitrogens with one attached hydrogen (secondary N) is 2. The van der Waals surface area contributed by atoms with Crippen LogP contribution in [0.5, 0.6) is 0 Å². The predicted octanol–water partition coefficient (Wildman–Crippen LogP) is 5.12. The molecule has 0 radical (unpaired) electrons. The van der Waals surface area contributed by atoms with Crippen molar-refractivity contribution in [2.45, 2.75) is 45.3 Å². The van der Waals surface area contributed by atoms with Gasteiger partial charge in [0.25, 0.3) is 0 Å². The molecule has 1 atom stereocenters. The number of likely N-dealkylation sites (N-methyl/N-ethyl adjacent to an activating group) is 1. The highest BCUT2D eigenvalue weighted by molar-refractivity contribution is 6.32. The minimum Gasteiger partial charge on any atom is -0.443 e. The molecule has 3 heterocycles. The van der Waals surface area contributed by atoms with Gasteiger partial charge >= 0.3 is 6.09 Å². The van der Waals surface area contributed by atoms with E-state index in [1.807, 2.05) is 25.3 Å². The number of aromatic nitrogens is 3. The van der Waals surface area contributed by atoms with E-state index in [4.69, 9.17) is 21.3 Å². The van der Waals surface area contributed by atoms with E-state index in [-0.39, 0.29) is 31.2 Å². The largest absolute Gasteiger partial charge is 0.443 e. The van der Waals surface area contributed by atoms with Crippen LogP contribution in [-0.2, 0) is 21.5 Å². The van der Waals surface area contributed by atoms with Crippen molar-refractivity contribution in [2.24, 2.45) is 0 Å². The number of aliphatic hydroxyl groups excluding tert-OH is 1. The summed E-state index contributed by atoms with van der Waals surface area (Å²) in [7, 11) is 1.58. The van der Waals surface area contributed by atoms with Gasteiger partial charge in [-0.3, -0.25) is 9.69 Å². The number of carbonyl (C=O) groups is 2. The van der Waals surface area contributed by atoms with Crippen molar-refractivity contribution in [1.29, 1.82) is 5.26 Å². The number of hydrogen-bond acceptors (Lipinski definition) is 8. The van der Waals surface area contributed by atoms with Crippen molar-refractivity contribution in [3.8, 4) is 17.3 Å². The Morgan fingerprint density at radius 1 is 1.23 bits per heavy atom. The second kappa shape index (κ2) is 11.2. The molecule has 222 valence electrons. The van der Waals surface area contributed by atoms with E-state index >= 15 is 0 Å². The summed E-state index contributed by atoms with van der Waals surface area (Å²) in [5, 5.41) is 27.7. The number of amides is 2. The Kier molecular flexibility index (Phi) is 7.77. The molecule has 1 aliphatic rings. The Balaban J connectivity index is 1.53. The van der Waals surface area contributed by atoms with Gasteiger partial charge in [-0.2, -0.15) is 5.26 Å². The van der Waals surface area contributed by atoms with Crippen LogP contribution in [0.15, 0.2) is 48.8 Å². The number of hydrogen-bond donors (Lipinski definition) is 3. The van der Waals surface area contributed by atoms with Gasteiger partial charge in [0.15, 0.2) is 0 Å². The molecule has 0 bridgehead atoms. The summed E-state index contributed by atoms with van der Waals surface area (Å²) in [6, 6.07) is 12.9. The minimum atomic E-state index is -0.823. The number of carbonyl (C=O) groups excluding carboxylic acids is 2. The fourth-order valence-electron chi connectivity index (χ4n) is 5.18. The summed E-state index contributed by atoms with van der Waals surface area (Å²) in [6.07, 6.45) is 2.83. The Hall–Kier alpha value is -4.66. The number of halogens is 1. The van der Waals surface area contributed by atoms with Crippen LogP contribution in [-0.4, -0.2) is 57.4 Å². The molecule has 5 rings (SSSR count). The van der Waals surface area contributed by atoms with Crippen molar-refractivity contribution in [3.63, 3.8) is 0 Å². The Bertz CT molecular complexity index is 1790. The third-order valence-corrected chi connectivity index (χ3v) is 7.48. The first-order valence-electron chi connectivity index (χ1n) is 13.6. The lowest BCUT2D eigenvalue weighted by Gasteiger charge is -2.26. The lowest BCUT2D eigenvalue weighted by atomic mass is 9.83. The molecule has 0 aliphatic carbocycles. The van der Waals surface area contributed by atoms with Gasteiger partial charge in [0.2, 0.25) is 11.9 Å². The molecular weight excluding hydrogens is 570 g/mol. The Labute approximate surface area is 254 Å². The first kappa shape index (κ1) is 29.8. The zero-order chi connectivity index (χ0) is 31.1. The van der Waals surface area contributed by atoms with E-state index in [1.54, 1.807) is 62.8 Å². The van der Waals surface area contributed by atoms with E-state index in [2.05, 4.69) is 21.7 Å². The molecular formula is C31H32ClN7O4. The van der Waals surface area contributed by atoms with Crippen molar-refractivity contribution in [1.82, 2.24) is 19.9 Å². The number of ether oxygens (including phenoxy) is 1. The molecule has 1 unspecified atom stereocenters. The number of nitriles is 1. The third kappa shape index (κ3) is 5.84. The summed E-state index contributed by atoms with van der Waals surface area (Å²) in [5.74, 6) is 0.153. The smallest absolute Gasteiger partial charge is 0.414 e. The molecule has 11 nitrogen and oxygen atoms in total. The first-order valence-corrected chi connectivity index (χ1v) is 14.0. The zero-order valence-corrected chi connectivity index (χ0v) is 25.3. The summed E-state index contributed by atoms with van der Waals surface area (Å²) >= 11 is 6.43. The molecule has 2 amide bonds. The summed E-state index contributed by atoms with van der Waals surface area (Å²) in [5.41, 5.74) is 2.36. The van der Waals surface area contributed by atoms with Gasteiger partial charge in [-0.25, -0.2) is 14.8 Å². The molecule has 3 N–H and O–H groups in total. The SMILES string of the molecule is CNC(=O)Cn1ccc2c(Nc3nccc(-c4cc(C#N)c5c(c4)C(C)(CO)CN5C(=O)OC(C)(C)C)n3)cc(Cl)cc21. The highest BCUT2D eigenvalue weighted by Crippen LogP contribution is 2.45. The lowest BCUT2D eigenvalue weighted by Crippen LogP contribution is -2.40. The van der Waals surface area contributed by atoms with Crippen molar-refractivity contribution in [3.05, 3.63) is 64.9 Å². The van der Waals surface area contributed by atoms with E-state index in [1.165, 1.54) is 4.90 Å². The first-order chi connectivity index (χ1) is 20.4. The van der Waals surface area contributed by atoms with Crippen molar-refractivity contribution >= 4 is 51.8 Å². The maximum absolute atomic E-state index is 13.1. The van der Waals surface area contributed by atoms with Crippen LogP contribution in [0.2, 0.25) is 5.02 Å². The molecule has 0 fully saturated rings. The number of benzene rings is 2. The van der Waals surface area contributed by atoms with Gasteiger partial charge in [-0.15, -0.1) is 0 Å². The van der Waals surface area contributed by atoms with Crippen molar-refractivity contribution in [2.75, 3.05) is 30.4 Å². The second-order valence-corrected chi connectivity index (χ2v) is 12.1. The highest BCUT2D eigenvalue weighted by atomic mass is 35.5. The van der Waals surface area contributed by atoms with Crippen LogP contribution in [0, 0.1) is 11.3 Å². The Morgan fingerprint density at radius 2 is 2.00 bits per heavy atom. The fraction of sp³-hybridized carbons (Fsp3) is 0.323. The van der Waals surface area contributed by atoms with E-state index < -0.39 is 17.1 Å². The van der Waals surface area contributed by atoms with Gasteiger partial charge in [0.05, 0.1) is 34.8 Å². The zero-order valence-electron chi connectivity index (χ0n) is 24.5. The second-order valence-electron chi connectivity index (χ2n) is 11.7. The topological polar surface area (TPSA) is 145 Å².